The molecule has 1 rings (SSSR count). The van der Waals surface area contributed by atoms with Gasteiger partial charge in [0.25, 0.3) is 0 Å². The molecule has 0 aliphatic rings. The Kier molecular flexibility index (Phi) is 5.98. The minimum atomic E-state index is 0.480. The fourth-order valence-electron chi connectivity index (χ4n) is 2.08. The summed E-state index contributed by atoms with van der Waals surface area (Å²) in [6.07, 6.45) is 5.20. The summed E-state index contributed by atoms with van der Waals surface area (Å²) in [6, 6.07) is 2.67. The van der Waals surface area contributed by atoms with Crippen molar-refractivity contribution in [3.63, 3.8) is 0 Å². The van der Waals surface area contributed by atoms with E-state index in [1.165, 1.54) is 12.1 Å². The zero-order valence-electron chi connectivity index (χ0n) is 11.4. The van der Waals surface area contributed by atoms with Crippen molar-refractivity contribution < 1.29 is 0 Å². The summed E-state index contributed by atoms with van der Waals surface area (Å²) in [5.41, 5.74) is 2.43. The molecular formula is C14H25N3. The Morgan fingerprint density at radius 1 is 1.53 bits per heavy atom. The van der Waals surface area contributed by atoms with Crippen LogP contribution >= 0.6 is 0 Å². The van der Waals surface area contributed by atoms with Crippen LogP contribution in [0.4, 0.5) is 0 Å². The van der Waals surface area contributed by atoms with E-state index in [-0.39, 0.29) is 0 Å². The van der Waals surface area contributed by atoms with Gasteiger partial charge in [-0.25, -0.2) is 0 Å². The first kappa shape index (κ1) is 14.0. The van der Waals surface area contributed by atoms with Crippen LogP contribution in [0.2, 0.25) is 0 Å². The van der Waals surface area contributed by atoms with Gasteiger partial charge in [-0.05, 0) is 39.3 Å². The van der Waals surface area contributed by atoms with Crippen LogP contribution in [0.15, 0.2) is 18.7 Å². The number of nitrogens with zero attached hydrogens (tertiary/aromatic N) is 2. The van der Waals surface area contributed by atoms with Gasteiger partial charge in [-0.2, -0.15) is 5.10 Å². The summed E-state index contributed by atoms with van der Waals surface area (Å²) in [5.74, 6) is 0. The highest BCUT2D eigenvalue weighted by molar-refractivity contribution is 5.10. The first-order valence-corrected chi connectivity index (χ1v) is 6.58. The molecule has 0 amide bonds. The maximum absolute atomic E-state index is 4.49. The Morgan fingerprint density at radius 2 is 2.29 bits per heavy atom. The zero-order valence-corrected chi connectivity index (χ0v) is 11.4. The van der Waals surface area contributed by atoms with Gasteiger partial charge in [-0.15, -0.1) is 6.58 Å². The van der Waals surface area contributed by atoms with Crippen LogP contribution in [0.5, 0.6) is 0 Å². The molecule has 0 saturated carbocycles. The molecule has 1 aromatic heterocycles. The molecule has 3 nitrogen and oxygen atoms in total. The molecule has 1 heterocycles. The van der Waals surface area contributed by atoms with Crippen molar-refractivity contribution in [2.45, 2.75) is 52.6 Å². The Hall–Kier alpha value is -1.09. The second-order valence-corrected chi connectivity index (χ2v) is 4.47. The van der Waals surface area contributed by atoms with Gasteiger partial charge in [-0.3, -0.25) is 4.68 Å². The molecule has 1 N–H and O–H groups in total. The summed E-state index contributed by atoms with van der Waals surface area (Å²) in [4.78, 5) is 0. The van der Waals surface area contributed by atoms with Gasteiger partial charge in [-0.1, -0.05) is 13.0 Å². The molecule has 1 unspecified atom stereocenters. The molecule has 3 heteroatoms. The van der Waals surface area contributed by atoms with Crippen molar-refractivity contribution in [3.05, 3.63) is 30.1 Å². The van der Waals surface area contributed by atoms with Crippen molar-refractivity contribution in [1.29, 1.82) is 0 Å². The Bertz CT molecular complexity index is 341. The molecule has 1 aromatic rings. The highest BCUT2D eigenvalue weighted by atomic mass is 15.3. The van der Waals surface area contributed by atoms with Gasteiger partial charge in [0.15, 0.2) is 0 Å². The van der Waals surface area contributed by atoms with Crippen LogP contribution in [0, 0.1) is 6.92 Å². The molecule has 17 heavy (non-hydrogen) atoms. The van der Waals surface area contributed by atoms with E-state index in [0.717, 1.165) is 31.6 Å². The minimum absolute atomic E-state index is 0.480. The van der Waals surface area contributed by atoms with Gasteiger partial charge >= 0.3 is 0 Å². The molecule has 1 atom stereocenters. The third-order valence-corrected chi connectivity index (χ3v) is 2.87. The molecule has 0 fully saturated rings. The van der Waals surface area contributed by atoms with Crippen LogP contribution in [-0.2, 0) is 13.0 Å². The van der Waals surface area contributed by atoms with E-state index in [1.807, 2.05) is 6.08 Å². The SMILES string of the molecule is C=CCC(Cc1cc(C)nn1CC)NCCC. The molecule has 0 aromatic carbocycles. The highest BCUT2D eigenvalue weighted by Crippen LogP contribution is 2.09. The van der Waals surface area contributed by atoms with Crippen molar-refractivity contribution in [1.82, 2.24) is 15.1 Å². The van der Waals surface area contributed by atoms with E-state index in [0.29, 0.717) is 6.04 Å². The monoisotopic (exact) mass is 235 g/mol. The van der Waals surface area contributed by atoms with E-state index in [4.69, 9.17) is 0 Å². The van der Waals surface area contributed by atoms with Crippen LogP contribution in [0.25, 0.3) is 0 Å². The van der Waals surface area contributed by atoms with E-state index in [1.54, 1.807) is 0 Å². The number of rotatable bonds is 8. The maximum Gasteiger partial charge on any atom is 0.0596 e. The molecule has 0 aliphatic heterocycles. The Morgan fingerprint density at radius 3 is 2.88 bits per heavy atom. The standard InChI is InChI=1S/C14H25N3/c1-5-8-13(15-9-6-2)11-14-10-12(4)16-17(14)7-3/h5,10,13,15H,1,6-9,11H2,2-4H3. The fourth-order valence-corrected chi connectivity index (χ4v) is 2.08. The smallest absolute Gasteiger partial charge is 0.0596 e. The summed E-state index contributed by atoms with van der Waals surface area (Å²) in [6.45, 7) is 12.2. The average molecular weight is 235 g/mol. The number of nitrogens with one attached hydrogen (secondary N) is 1. The quantitative estimate of drug-likeness (QED) is 0.702. The van der Waals surface area contributed by atoms with Crippen LogP contribution < -0.4 is 5.32 Å². The normalized spacial score (nSPS) is 12.6. The van der Waals surface area contributed by atoms with Gasteiger partial charge < -0.3 is 5.32 Å². The van der Waals surface area contributed by atoms with E-state index >= 15 is 0 Å². The zero-order chi connectivity index (χ0) is 12.7. The lowest BCUT2D eigenvalue weighted by atomic mass is 10.1. The van der Waals surface area contributed by atoms with E-state index < -0.39 is 0 Å². The lowest BCUT2D eigenvalue weighted by Crippen LogP contribution is -2.32. The third kappa shape index (κ3) is 4.35. The average Bonchev–Trinajstić information content (AvgIpc) is 2.66. The molecule has 0 aliphatic carbocycles. The van der Waals surface area contributed by atoms with Crippen LogP contribution in [0.3, 0.4) is 0 Å². The van der Waals surface area contributed by atoms with E-state index in [9.17, 15) is 0 Å². The second-order valence-electron chi connectivity index (χ2n) is 4.47. The summed E-state index contributed by atoms with van der Waals surface area (Å²) < 4.78 is 2.10. The highest BCUT2D eigenvalue weighted by Gasteiger charge is 2.11. The summed E-state index contributed by atoms with van der Waals surface area (Å²) >= 11 is 0. The van der Waals surface area contributed by atoms with Crippen LogP contribution in [0.1, 0.15) is 38.1 Å². The number of aromatic nitrogens is 2. The molecular weight excluding hydrogens is 210 g/mol. The minimum Gasteiger partial charge on any atom is -0.313 e. The van der Waals surface area contributed by atoms with Crippen molar-refractivity contribution in [3.8, 4) is 0 Å². The Balaban J connectivity index is 2.66. The van der Waals surface area contributed by atoms with Gasteiger partial charge in [0.2, 0.25) is 0 Å². The lowest BCUT2D eigenvalue weighted by Gasteiger charge is -2.17. The number of hydrogen-bond acceptors (Lipinski definition) is 2. The lowest BCUT2D eigenvalue weighted by molar-refractivity contribution is 0.489. The summed E-state index contributed by atoms with van der Waals surface area (Å²) in [5, 5.41) is 8.05. The van der Waals surface area contributed by atoms with Crippen molar-refractivity contribution in [2.24, 2.45) is 0 Å². The third-order valence-electron chi connectivity index (χ3n) is 2.87. The molecule has 0 spiro atoms. The first-order valence-electron chi connectivity index (χ1n) is 6.58. The first-order chi connectivity index (χ1) is 8.21. The van der Waals surface area contributed by atoms with Gasteiger partial charge in [0.05, 0.1) is 5.69 Å². The molecule has 0 saturated heterocycles. The second kappa shape index (κ2) is 7.28. The molecule has 96 valence electrons. The van der Waals surface area contributed by atoms with Gasteiger partial charge in [0, 0.05) is 24.7 Å². The topological polar surface area (TPSA) is 29.9 Å². The predicted molar refractivity (Wildman–Crippen MR) is 73.2 cm³/mol. The Labute approximate surface area is 105 Å². The van der Waals surface area contributed by atoms with Crippen molar-refractivity contribution in [2.75, 3.05) is 6.54 Å². The molecule has 0 bridgehead atoms. The largest absolute Gasteiger partial charge is 0.313 e. The van der Waals surface area contributed by atoms with E-state index in [2.05, 4.69) is 48.5 Å². The van der Waals surface area contributed by atoms with Gasteiger partial charge in [0.1, 0.15) is 0 Å². The number of aryl methyl sites for hydroxylation is 2. The van der Waals surface area contributed by atoms with Crippen molar-refractivity contribution >= 4 is 0 Å². The molecule has 0 radical (unpaired) electrons. The summed E-state index contributed by atoms with van der Waals surface area (Å²) in [7, 11) is 0. The number of hydrogen-bond donors (Lipinski definition) is 1. The van der Waals surface area contributed by atoms with Crippen LogP contribution in [-0.4, -0.2) is 22.4 Å². The maximum atomic E-state index is 4.49. The fraction of sp³-hybridized carbons (Fsp3) is 0.643. The predicted octanol–water partition coefficient (Wildman–Crippen LogP) is 2.70.